The molecule has 1 unspecified atom stereocenters. The number of hydrogen-bond acceptors (Lipinski definition) is 4. The molecule has 1 aliphatic heterocycles. The van der Waals surface area contributed by atoms with Crippen LogP contribution in [0.15, 0.2) is 42.5 Å². The van der Waals surface area contributed by atoms with Gasteiger partial charge in [0.2, 0.25) is 18.2 Å². The molecule has 0 aromatic heterocycles. The zero-order valence-corrected chi connectivity index (χ0v) is 27.5. The molecule has 1 aliphatic carbocycles. The van der Waals surface area contributed by atoms with Crippen molar-refractivity contribution in [2.45, 2.75) is 112 Å². The van der Waals surface area contributed by atoms with Gasteiger partial charge in [0.05, 0.1) is 12.1 Å². The smallest absolute Gasteiger partial charge is 0.234 e. The predicted molar refractivity (Wildman–Crippen MR) is 174 cm³/mol. The van der Waals surface area contributed by atoms with Gasteiger partial charge < -0.3 is 21.3 Å². The fraction of sp³-hybridized carbons (Fsp3) is 0.571. The zero-order chi connectivity index (χ0) is 31.9. The van der Waals surface area contributed by atoms with Gasteiger partial charge in [0.1, 0.15) is 0 Å². The van der Waals surface area contributed by atoms with E-state index in [1.807, 2.05) is 24.8 Å². The van der Waals surface area contributed by atoms with Gasteiger partial charge in [-0.1, -0.05) is 90.9 Å². The largest absolute Gasteiger partial charge is 0.368 e. The lowest BCUT2D eigenvalue weighted by molar-refractivity contribution is -0.134. The monoisotopic (exact) mass is 580 g/mol. The predicted octanol–water partition coefficient (Wildman–Crippen LogP) is 6.05. The summed E-state index contributed by atoms with van der Waals surface area (Å²) < 4.78 is 0. The van der Waals surface area contributed by atoms with Crippen LogP contribution in [0.3, 0.4) is 0 Å². The van der Waals surface area contributed by atoms with Crippen LogP contribution in [0.5, 0.6) is 0 Å². The van der Waals surface area contributed by atoms with Crippen LogP contribution in [0.2, 0.25) is 0 Å². The summed E-state index contributed by atoms with van der Waals surface area (Å²) in [7, 11) is 1.69. The van der Waals surface area contributed by atoms with E-state index in [4.69, 9.17) is 5.73 Å². The Labute approximate surface area is 255 Å². The minimum Gasteiger partial charge on any atom is -0.368 e. The number of aryl methyl sites for hydroxylation is 1. The molecular formula is C35H56N4O3. The van der Waals surface area contributed by atoms with Crippen LogP contribution < -0.4 is 16.4 Å². The van der Waals surface area contributed by atoms with Crippen molar-refractivity contribution in [1.82, 2.24) is 15.5 Å². The molecule has 0 fully saturated rings. The number of fused-ring (bicyclic) bond motifs is 2. The second-order valence-electron chi connectivity index (χ2n) is 12.3. The molecule has 0 spiro atoms. The van der Waals surface area contributed by atoms with Crippen LogP contribution in [0.4, 0.5) is 0 Å². The van der Waals surface area contributed by atoms with Crippen LogP contribution in [0.1, 0.15) is 114 Å². The lowest BCUT2D eigenvalue weighted by atomic mass is 9.88. The topological polar surface area (TPSA) is 105 Å². The maximum Gasteiger partial charge on any atom is 0.234 e. The summed E-state index contributed by atoms with van der Waals surface area (Å²) in [5, 5.41) is 5.55. The van der Waals surface area contributed by atoms with E-state index in [9.17, 15) is 14.4 Å². The van der Waals surface area contributed by atoms with Gasteiger partial charge in [-0.25, -0.2) is 0 Å². The fourth-order valence-electron chi connectivity index (χ4n) is 4.87. The third-order valence-electron chi connectivity index (χ3n) is 7.44. The normalized spacial score (nSPS) is 16.0. The molecule has 4 rings (SSSR count). The molecule has 0 saturated heterocycles. The quantitative estimate of drug-likeness (QED) is 0.362. The highest BCUT2D eigenvalue weighted by Crippen LogP contribution is 2.29. The Balaban J connectivity index is 0.000000343. The second-order valence-corrected chi connectivity index (χ2v) is 12.3. The lowest BCUT2D eigenvalue weighted by Crippen LogP contribution is -2.37. The number of nitrogens with two attached hydrogens (primary N) is 1. The van der Waals surface area contributed by atoms with E-state index in [1.165, 1.54) is 34.2 Å². The van der Waals surface area contributed by atoms with Crippen molar-refractivity contribution in [2.75, 3.05) is 13.6 Å². The first-order chi connectivity index (χ1) is 19.9. The SMILES string of the molecule is CC.CC(C)c1ccc2c(c1)CN(C(=O)CC(C)(C)C)CC2.CN[C@@H](C)C(N)=O.O=CNC1CCCc2ccccc21. The highest BCUT2D eigenvalue weighted by atomic mass is 16.2. The molecule has 7 heteroatoms. The Hall–Kier alpha value is -3.19. The Morgan fingerprint density at radius 1 is 1.02 bits per heavy atom. The number of carbonyl (C=O) groups is 3. The van der Waals surface area contributed by atoms with Gasteiger partial charge in [0, 0.05) is 19.5 Å². The molecule has 4 N–H and O–H groups in total. The maximum absolute atomic E-state index is 12.4. The number of carbonyl (C=O) groups excluding carboxylic acids is 3. The standard InChI is InChI=1S/C18H27NO.C11H13NO.C4H10N2O.C2H6/c1-13(2)15-7-6-14-8-9-19(12-16(14)10-15)17(20)11-18(3,4)5;13-8-12-11-7-3-5-9-4-1-2-6-10(9)11;1-3(6-2)4(5)7;1-2/h6-7,10,13H,8-9,11-12H2,1-5H3;1-2,4,6,8,11H,3,5,7H2,(H,12,13);3,6H,1-2H3,(H2,5,7);1-2H3/t;;3-;/m..0./s1. The van der Waals surface area contributed by atoms with Gasteiger partial charge in [-0.2, -0.15) is 0 Å². The number of primary amides is 1. The van der Waals surface area contributed by atoms with Crippen molar-refractivity contribution < 1.29 is 14.4 Å². The molecule has 234 valence electrons. The number of nitrogens with one attached hydrogen (secondary N) is 2. The Kier molecular flexibility index (Phi) is 16.1. The zero-order valence-electron chi connectivity index (χ0n) is 27.5. The van der Waals surface area contributed by atoms with Gasteiger partial charge in [-0.05, 0) is 78.8 Å². The van der Waals surface area contributed by atoms with E-state index in [0.29, 0.717) is 12.3 Å². The molecule has 42 heavy (non-hydrogen) atoms. The molecule has 0 radical (unpaired) electrons. The number of benzene rings is 2. The molecule has 2 aromatic carbocycles. The van der Waals surface area contributed by atoms with Crippen LogP contribution in [-0.2, 0) is 33.8 Å². The molecular weight excluding hydrogens is 524 g/mol. The lowest BCUT2D eigenvalue weighted by Gasteiger charge is -2.31. The van der Waals surface area contributed by atoms with Gasteiger partial charge in [-0.3, -0.25) is 14.4 Å². The van der Waals surface area contributed by atoms with Crippen LogP contribution in [0.25, 0.3) is 0 Å². The molecule has 2 atom stereocenters. The summed E-state index contributed by atoms with van der Waals surface area (Å²) in [5.41, 5.74) is 11.7. The minimum absolute atomic E-state index is 0.0666. The average Bonchev–Trinajstić information content (AvgIpc) is 2.97. The van der Waals surface area contributed by atoms with Gasteiger partial charge >= 0.3 is 0 Å². The number of likely N-dealkylation sites (N-methyl/N-ethyl adjacent to an activating group) is 1. The van der Waals surface area contributed by atoms with Crippen molar-refractivity contribution in [3.05, 3.63) is 70.3 Å². The van der Waals surface area contributed by atoms with Crippen molar-refractivity contribution >= 4 is 18.2 Å². The van der Waals surface area contributed by atoms with E-state index in [-0.39, 0.29) is 29.3 Å². The molecule has 1 heterocycles. The summed E-state index contributed by atoms with van der Waals surface area (Å²) in [6, 6.07) is 15.1. The summed E-state index contributed by atoms with van der Waals surface area (Å²) >= 11 is 0. The van der Waals surface area contributed by atoms with Crippen LogP contribution >= 0.6 is 0 Å². The number of nitrogens with zero attached hydrogens (tertiary/aromatic N) is 1. The van der Waals surface area contributed by atoms with Crippen molar-refractivity contribution in [2.24, 2.45) is 11.1 Å². The second kappa shape index (κ2) is 18.4. The van der Waals surface area contributed by atoms with Crippen molar-refractivity contribution in [3.63, 3.8) is 0 Å². The van der Waals surface area contributed by atoms with Gasteiger partial charge in [0.15, 0.2) is 0 Å². The highest BCUT2D eigenvalue weighted by Gasteiger charge is 2.25. The highest BCUT2D eigenvalue weighted by molar-refractivity contribution is 5.79. The summed E-state index contributed by atoms with van der Waals surface area (Å²) in [4.78, 5) is 34.9. The summed E-state index contributed by atoms with van der Waals surface area (Å²) in [6.07, 6.45) is 5.80. The number of rotatable bonds is 6. The third-order valence-corrected chi connectivity index (χ3v) is 7.44. The first kappa shape index (κ1) is 36.8. The van der Waals surface area contributed by atoms with E-state index in [1.54, 1.807) is 14.0 Å². The third kappa shape index (κ3) is 12.4. The van der Waals surface area contributed by atoms with Crippen LogP contribution in [0, 0.1) is 5.41 Å². The average molecular weight is 581 g/mol. The Bertz CT molecular complexity index is 1120. The Morgan fingerprint density at radius 2 is 1.69 bits per heavy atom. The number of hydrogen-bond donors (Lipinski definition) is 3. The molecule has 0 bridgehead atoms. The first-order valence-electron chi connectivity index (χ1n) is 15.5. The molecule has 7 nitrogen and oxygen atoms in total. The first-order valence-corrected chi connectivity index (χ1v) is 15.5. The maximum atomic E-state index is 12.4. The summed E-state index contributed by atoms with van der Waals surface area (Å²) in [5.74, 6) is 0.515. The molecule has 0 saturated carbocycles. The van der Waals surface area contributed by atoms with E-state index < -0.39 is 0 Å². The van der Waals surface area contributed by atoms with Gasteiger partial charge in [0.25, 0.3) is 0 Å². The fourth-order valence-corrected chi connectivity index (χ4v) is 4.87. The van der Waals surface area contributed by atoms with Crippen molar-refractivity contribution in [3.8, 4) is 0 Å². The molecule has 3 amide bonds. The Morgan fingerprint density at radius 3 is 2.24 bits per heavy atom. The molecule has 2 aromatic rings. The summed E-state index contributed by atoms with van der Waals surface area (Å²) in [6.45, 7) is 18.2. The van der Waals surface area contributed by atoms with E-state index in [0.717, 1.165) is 38.8 Å². The molecule has 2 aliphatic rings. The number of amides is 3. The van der Waals surface area contributed by atoms with Crippen LogP contribution in [-0.4, -0.2) is 42.8 Å². The van der Waals surface area contributed by atoms with E-state index >= 15 is 0 Å². The van der Waals surface area contributed by atoms with E-state index in [2.05, 4.69) is 81.7 Å². The van der Waals surface area contributed by atoms with Gasteiger partial charge in [-0.15, -0.1) is 0 Å². The minimum atomic E-state index is -0.317. The van der Waals surface area contributed by atoms with Crippen molar-refractivity contribution in [1.29, 1.82) is 0 Å².